The molecule has 1 amide bonds. The Labute approximate surface area is 79.9 Å². The highest BCUT2D eigenvalue weighted by Gasteiger charge is 2.09. The first-order chi connectivity index (χ1) is 6.09. The minimum atomic E-state index is -0.633. The van der Waals surface area contributed by atoms with E-state index >= 15 is 0 Å². The first-order valence-electron chi connectivity index (χ1n) is 3.66. The maximum atomic E-state index is 12.4. The molecular weight excluding hydrogens is 195 g/mol. The van der Waals surface area contributed by atoms with Gasteiger partial charge in [-0.05, 0) is 19.1 Å². The van der Waals surface area contributed by atoms with Gasteiger partial charge in [0.15, 0.2) is 0 Å². The van der Waals surface area contributed by atoms with Crippen molar-refractivity contribution in [2.45, 2.75) is 12.3 Å². The Morgan fingerprint density at radius 2 is 2.38 bits per heavy atom. The zero-order valence-electron chi connectivity index (χ0n) is 6.92. The fraction of sp³-hybridized carbons (Fsp3) is 0.250. The number of aromatic nitrogens is 1. The number of hydrogen-bond acceptors (Lipinski definition) is 2. The molecule has 1 aromatic rings. The van der Waals surface area contributed by atoms with Gasteiger partial charge in [-0.15, -0.1) is 11.6 Å². The highest BCUT2D eigenvalue weighted by Crippen LogP contribution is 2.05. The van der Waals surface area contributed by atoms with Crippen LogP contribution in [0.2, 0.25) is 0 Å². The Morgan fingerprint density at radius 1 is 1.69 bits per heavy atom. The Kier molecular flexibility index (Phi) is 3.19. The van der Waals surface area contributed by atoms with Crippen LogP contribution in [0.4, 0.5) is 10.2 Å². The molecule has 0 radical (unpaired) electrons. The molecule has 13 heavy (non-hydrogen) atoms. The van der Waals surface area contributed by atoms with Crippen LogP contribution in [0.5, 0.6) is 0 Å². The van der Waals surface area contributed by atoms with Crippen molar-refractivity contribution in [1.29, 1.82) is 0 Å². The monoisotopic (exact) mass is 202 g/mol. The first-order valence-corrected chi connectivity index (χ1v) is 4.09. The van der Waals surface area contributed by atoms with Crippen LogP contribution in [0.15, 0.2) is 18.3 Å². The summed E-state index contributed by atoms with van der Waals surface area (Å²) in [6.07, 6.45) is 1.02. The summed E-state index contributed by atoms with van der Waals surface area (Å²) in [5.41, 5.74) is 0. The topological polar surface area (TPSA) is 42.0 Å². The van der Waals surface area contributed by atoms with E-state index in [0.29, 0.717) is 5.82 Å². The molecule has 1 rings (SSSR count). The number of nitrogens with one attached hydrogen (secondary N) is 1. The molecule has 0 aliphatic heterocycles. The van der Waals surface area contributed by atoms with Gasteiger partial charge in [-0.1, -0.05) is 0 Å². The predicted molar refractivity (Wildman–Crippen MR) is 48.1 cm³/mol. The van der Waals surface area contributed by atoms with E-state index in [4.69, 9.17) is 11.6 Å². The molecule has 0 saturated heterocycles. The van der Waals surface area contributed by atoms with Gasteiger partial charge >= 0.3 is 0 Å². The Morgan fingerprint density at radius 3 is 2.85 bits per heavy atom. The molecule has 70 valence electrons. The van der Waals surface area contributed by atoms with Crippen LogP contribution in [-0.4, -0.2) is 16.3 Å². The van der Waals surface area contributed by atoms with Crippen molar-refractivity contribution in [3.8, 4) is 0 Å². The summed E-state index contributed by atoms with van der Waals surface area (Å²) < 4.78 is 12.4. The van der Waals surface area contributed by atoms with Gasteiger partial charge in [-0.3, -0.25) is 4.79 Å². The largest absolute Gasteiger partial charge is 0.309 e. The second-order valence-corrected chi connectivity index (χ2v) is 3.12. The second kappa shape index (κ2) is 4.18. The van der Waals surface area contributed by atoms with Crippen molar-refractivity contribution in [3.63, 3.8) is 0 Å². The maximum absolute atomic E-state index is 12.4. The van der Waals surface area contributed by atoms with E-state index in [-0.39, 0.29) is 5.91 Å². The predicted octanol–water partition coefficient (Wildman–Crippen LogP) is 1.79. The van der Waals surface area contributed by atoms with E-state index in [1.807, 2.05) is 0 Å². The SMILES string of the molecule is CC(Cl)C(=O)Nc1ccc(F)cn1. The van der Waals surface area contributed by atoms with Crippen LogP contribution in [-0.2, 0) is 4.79 Å². The van der Waals surface area contributed by atoms with Gasteiger partial charge in [0.1, 0.15) is 17.0 Å². The lowest BCUT2D eigenvalue weighted by atomic mass is 10.4. The average molecular weight is 203 g/mol. The molecule has 1 unspecified atom stereocenters. The zero-order chi connectivity index (χ0) is 9.84. The Hall–Kier alpha value is -1.16. The van der Waals surface area contributed by atoms with Crippen molar-refractivity contribution in [3.05, 3.63) is 24.1 Å². The van der Waals surface area contributed by atoms with Crippen molar-refractivity contribution in [1.82, 2.24) is 4.98 Å². The van der Waals surface area contributed by atoms with E-state index in [1.54, 1.807) is 6.92 Å². The summed E-state index contributed by atoms with van der Waals surface area (Å²) in [5.74, 6) is -0.517. The van der Waals surface area contributed by atoms with Gasteiger partial charge in [0, 0.05) is 0 Å². The minimum Gasteiger partial charge on any atom is -0.309 e. The summed E-state index contributed by atoms with van der Waals surface area (Å²) >= 11 is 5.50. The van der Waals surface area contributed by atoms with Crippen LogP contribution in [0.1, 0.15) is 6.92 Å². The Balaban J connectivity index is 2.65. The van der Waals surface area contributed by atoms with Crippen molar-refractivity contribution >= 4 is 23.3 Å². The number of anilines is 1. The highest BCUT2D eigenvalue weighted by atomic mass is 35.5. The standard InChI is InChI=1S/C8H8ClFN2O/c1-5(9)8(13)12-7-3-2-6(10)4-11-7/h2-5H,1H3,(H,11,12,13). The summed E-state index contributed by atoms with van der Waals surface area (Å²) in [5, 5.41) is 1.79. The van der Waals surface area contributed by atoms with Crippen LogP contribution >= 0.6 is 11.6 Å². The third kappa shape index (κ3) is 2.99. The normalized spacial score (nSPS) is 12.2. The number of hydrogen-bond donors (Lipinski definition) is 1. The molecule has 0 spiro atoms. The fourth-order valence-corrected chi connectivity index (χ4v) is 0.730. The molecule has 0 fully saturated rings. The lowest BCUT2D eigenvalue weighted by molar-refractivity contribution is -0.115. The van der Waals surface area contributed by atoms with Gasteiger partial charge in [0.2, 0.25) is 5.91 Å². The fourth-order valence-electron chi connectivity index (χ4n) is 0.675. The number of pyridine rings is 1. The van der Waals surface area contributed by atoms with Gasteiger partial charge in [-0.2, -0.15) is 0 Å². The number of carbonyl (C=O) groups is 1. The second-order valence-electron chi connectivity index (χ2n) is 2.47. The lowest BCUT2D eigenvalue weighted by Crippen LogP contribution is -2.20. The van der Waals surface area contributed by atoms with E-state index < -0.39 is 11.2 Å². The Bertz CT molecular complexity index is 300. The highest BCUT2D eigenvalue weighted by molar-refractivity contribution is 6.32. The van der Waals surface area contributed by atoms with Crippen molar-refractivity contribution in [2.75, 3.05) is 5.32 Å². The smallest absolute Gasteiger partial charge is 0.243 e. The number of amides is 1. The minimum absolute atomic E-state index is 0.291. The maximum Gasteiger partial charge on any atom is 0.243 e. The molecule has 0 aromatic carbocycles. The van der Waals surface area contributed by atoms with Gasteiger partial charge in [0.05, 0.1) is 6.20 Å². The third-order valence-corrected chi connectivity index (χ3v) is 1.54. The van der Waals surface area contributed by atoms with E-state index in [1.165, 1.54) is 12.1 Å². The number of nitrogens with zero attached hydrogens (tertiary/aromatic N) is 1. The molecule has 5 heteroatoms. The molecule has 0 aliphatic rings. The molecule has 1 aromatic heterocycles. The number of carbonyl (C=O) groups excluding carboxylic acids is 1. The van der Waals surface area contributed by atoms with Crippen LogP contribution < -0.4 is 5.32 Å². The molecule has 1 heterocycles. The van der Waals surface area contributed by atoms with Crippen LogP contribution in [0, 0.1) is 5.82 Å². The summed E-state index contributed by atoms with van der Waals surface area (Å²) in [7, 11) is 0. The molecule has 1 N–H and O–H groups in total. The molecule has 0 saturated carbocycles. The summed E-state index contributed by atoms with van der Waals surface area (Å²) in [6, 6.07) is 2.58. The quantitative estimate of drug-likeness (QED) is 0.743. The van der Waals surface area contributed by atoms with Crippen LogP contribution in [0.3, 0.4) is 0 Å². The van der Waals surface area contributed by atoms with Gasteiger partial charge < -0.3 is 5.32 Å². The van der Waals surface area contributed by atoms with Crippen molar-refractivity contribution < 1.29 is 9.18 Å². The van der Waals surface area contributed by atoms with E-state index in [9.17, 15) is 9.18 Å². The number of halogens is 2. The molecular formula is C8H8ClFN2O. The summed E-state index contributed by atoms with van der Waals surface area (Å²) in [6.45, 7) is 1.54. The zero-order valence-corrected chi connectivity index (χ0v) is 7.68. The molecule has 1 atom stereocenters. The van der Waals surface area contributed by atoms with Gasteiger partial charge in [-0.25, -0.2) is 9.37 Å². The molecule has 3 nitrogen and oxygen atoms in total. The van der Waals surface area contributed by atoms with Crippen LogP contribution in [0.25, 0.3) is 0 Å². The van der Waals surface area contributed by atoms with E-state index in [0.717, 1.165) is 6.20 Å². The molecule has 0 aliphatic carbocycles. The number of rotatable bonds is 2. The van der Waals surface area contributed by atoms with E-state index in [2.05, 4.69) is 10.3 Å². The first kappa shape index (κ1) is 9.92. The molecule has 0 bridgehead atoms. The third-order valence-electron chi connectivity index (χ3n) is 1.34. The number of alkyl halides is 1. The lowest BCUT2D eigenvalue weighted by Gasteiger charge is -2.04. The average Bonchev–Trinajstić information content (AvgIpc) is 2.08. The summed E-state index contributed by atoms with van der Waals surface area (Å²) in [4.78, 5) is 14.7. The van der Waals surface area contributed by atoms with Crippen molar-refractivity contribution in [2.24, 2.45) is 0 Å². The van der Waals surface area contributed by atoms with Gasteiger partial charge in [0.25, 0.3) is 0 Å².